The van der Waals surface area contributed by atoms with E-state index in [0.29, 0.717) is 5.69 Å². The summed E-state index contributed by atoms with van der Waals surface area (Å²) in [6.45, 7) is 1.88. The Bertz CT molecular complexity index is 561. The molecular weight excluding hydrogens is 266 g/mol. The molecule has 1 aromatic carbocycles. The number of hydrogen-bond donors (Lipinski definition) is 0. The van der Waals surface area contributed by atoms with Crippen molar-refractivity contribution in [1.29, 1.82) is 0 Å². The molecule has 0 radical (unpaired) electrons. The van der Waals surface area contributed by atoms with E-state index in [2.05, 4.69) is 17.1 Å². The summed E-state index contributed by atoms with van der Waals surface area (Å²) in [6, 6.07) is 8.14. The van der Waals surface area contributed by atoms with Crippen LogP contribution in [0.2, 0.25) is 0 Å². The zero-order valence-corrected chi connectivity index (χ0v) is 12.0. The van der Waals surface area contributed by atoms with Crippen molar-refractivity contribution in [2.45, 2.75) is 11.8 Å². The first-order valence-corrected chi connectivity index (χ1v) is 7.40. The number of esters is 1. The zero-order valence-electron chi connectivity index (χ0n) is 10.4. The summed E-state index contributed by atoms with van der Waals surface area (Å²) in [6.07, 6.45) is 2.04. The summed E-state index contributed by atoms with van der Waals surface area (Å²) in [7, 11) is 1.37. The fourth-order valence-electron chi connectivity index (χ4n) is 1.54. The van der Waals surface area contributed by atoms with E-state index < -0.39 is 0 Å². The maximum absolute atomic E-state index is 11.5. The van der Waals surface area contributed by atoms with Crippen LogP contribution < -0.4 is 0 Å². The van der Waals surface area contributed by atoms with Gasteiger partial charge in [0.15, 0.2) is 5.69 Å². The highest BCUT2D eigenvalue weighted by Gasteiger charge is 2.16. The maximum atomic E-state index is 11.5. The topological polar surface area (TPSA) is 39.2 Å². The average molecular weight is 279 g/mol. The van der Waals surface area contributed by atoms with Crippen LogP contribution in [-0.2, 0) is 4.74 Å². The van der Waals surface area contributed by atoms with Gasteiger partial charge in [0.05, 0.1) is 7.11 Å². The van der Waals surface area contributed by atoms with Crippen LogP contribution in [0.5, 0.6) is 0 Å². The maximum Gasteiger partial charge on any atom is 0.357 e. The van der Waals surface area contributed by atoms with Gasteiger partial charge in [-0.15, -0.1) is 23.1 Å². The summed E-state index contributed by atoms with van der Waals surface area (Å²) >= 11 is 3.20. The molecule has 2 aromatic rings. The Morgan fingerprint density at radius 2 is 2.00 bits per heavy atom. The first kappa shape index (κ1) is 13.1. The lowest BCUT2D eigenvalue weighted by atomic mass is 10.2. The van der Waals surface area contributed by atoms with Gasteiger partial charge in [-0.1, -0.05) is 12.1 Å². The molecular formula is C13H13NO2S2. The van der Waals surface area contributed by atoms with E-state index in [1.807, 2.05) is 25.3 Å². The van der Waals surface area contributed by atoms with Crippen molar-refractivity contribution < 1.29 is 9.53 Å². The number of aromatic nitrogens is 1. The third kappa shape index (κ3) is 2.57. The molecule has 0 aliphatic rings. The van der Waals surface area contributed by atoms with Crippen molar-refractivity contribution in [3.63, 3.8) is 0 Å². The molecule has 0 amide bonds. The number of aryl methyl sites for hydroxylation is 1. The summed E-state index contributed by atoms with van der Waals surface area (Å²) in [4.78, 5) is 17.9. The van der Waals surface area contributed by atoms with Crippen molar-refractivity contribution in [2.24, 2.45) is 0 Å². The Balaban J connectivity index is 2.36. The van der Waals surface area contributed by atoms with Gasteiger partial charge < -0.3 is 4.74 Å². The fourth-order valence-corrected chi connectivity index (χ4v) is 2.85. The zero-order chi connectivity index (χ0) is 13.1. The lowest BCUT2D eigenvalue weighted by molar-refractivity contribution is 0.0594. The molecule has 94 valence electrons. The number of rotatable bonds is 3. The number of methoxy groups -OCH3 is 1. The highest BCUT2D eigenvalue weighted by Crippen LogP contribution is 2.29. The van der Waals surface area contributed by atoms with Gasteiger partial charge in [0, 0.05) is 15.3 Å². The van der Waals surface area contributed by atoms with Gasteiger partial charge in [0.1, 0.15) is 5.01 Å². The molecule has 18 heavy (non-hydrogen) atoms. The Kier molecular flexibility index (Phi) is 4.04. The highest BCUT2D eigenvalue weighted by molar-refractivity contribution is 7.98. The molecule has 0 saturated carbocycles. The van der Waals surface area contributed by atoms with E-state index >= 15 is 0 Å². The summed E-state index contributed by atoms with van der Waals surface area (Å²) < 4.78 is 4.70. The van der Waals surface area contributed by atoms with Gasteiger partial charge in [-0.2, -0.15) is 0 Å². The van der Waals surface area contributed by atoms with Crippen molar-refractivity contribution in [2.75, 3.05) is 13.4 Å². The van der Waals surface area contributed by atoms with E-state index in [9.17, 15) is 4.79 Å². The summed E-state index contributed by atoms with van der Waals surface area (Å²) in [5.41, 5.74) is 1.43. The molecule has 0 aliphatic heterocycles. The highest BCUT2D eigenvalue weighted by atomic mass is 32.2. The van der Waals surface area contributed by atoms with Crippen LogP contribution in [0.4, 0.5) is 0 Å². The predicted molar refractivity (Wildman–Crippen MR) is 75.4 cm³/mol. The molecule has 0 N–H and O–H groups in total. The molecule has 0 spiro atoms. The van der Waals surface area contributed by atoms with Crippen LogP contribution in [0.1, 0.15) is 15.4 Å². The molecule has 0 atom stereocenters. The van der Waals surface area contributed by atoms with Gasteiger partial charge in [-0.05, 0) is 25.3 Å². The van der Waals surface area contributed by atoms with Gasteiger partial charge in [-0.3, -0.25) is 0 Å². The molecule has 1 aromatic heterocycles. The van der Waals surface area contributed by atoms with Crippen molar-refractivity contribution in [3.05, 3.63) is 34.8 Å². The standard InChI is InChI=1S/C13H13NO2S2/c1-8-11(13(15)16-2)14-12(18-8)9-4-6-10(17-3)7-5-9/h4-7H,1-3H3. The smallest absolute Gasteiger partial charge is 0.357 e. The molecule has 0 bridgehead atoms. The van der Waals surface area contributed by atoms with E-state index in [-0.39, 0.29) is 5.97 Å². The second-order valence-corrected chi connectivity index (χ2v) is 5.73. The molecule has 1 heterocycles. The number of benzene rings is 1. The Labute approximate surface area is 114 Å². The summed E-state index contributed by atoms with van der Waals surface area (Å²) in [5, 5.41) is 0.848. The average Bonchev–Trinajstić information content (AvgIpc) is 2.80. The first-order valence-electron chi connectivity index (χ1n) is 5.36. The molecule has 3 nitrogen and oxygen atoms in total. The number of hydrogen-bond acceptors (Lipinski definition) is 5. The molecule has 0 saturated heterocycles. The number of carbonyl (C=O) groups is 1. The number of ether oxygens (including phenoxy) is 1. The molecule has 0 fully saturated rings. The Morgan fingerprint density at radius 1 is 1.33 bits per heavy atom. The molecule has 0 aliphatic carbocycles. The van der Waals surface area contributed by atoms with Gasteiger partial charge in [0.25, 0.3) is 0 Å². The van der Waals surface area contributed by atoms with Gasteiger partial charge in [-0.25, -0.2) is 9.78 Å². The summed E-state index contributed by atoms with van der Waals surface area (Å²) in [5.74, 6) is -0.379. The minimum atomic E-state index is -0.379. The van der Waals surface area contributed by atoms with E-state index in [1.165, 1.54) is 23.3 Å². The minimum Gasteiger partial charge on any atom is -0.464 e. The third-order valence-corrected chi connectivity index (χ3v) is 4.28. The van der Waals surface area contributed by atoms with Crippen molar-refractivity contribution in [3.8, 4) is 10.6 Å². The largest absolute Gasteiger partial charge is 0.464 e. The SMILES string of the molecule is COC(=O)c1nc(-c2ccc(SC)cc2)sc1C. The lowest BCUT2D eigenvalue weighted by Gasteiger charge is -1.98. The number of nitrogens with zero attached hydrogens (tertiary/aromatic N) is 1. The first-order chi connectivity index (χ1) is 8.65. The van der Waals surface area contributed by atoms with Gasteiger partial charge >= 0.3 is 5.97 Å². The Morgan fingerprint density at radius 3 is 2.56 bits per heavy atom. The van der Waals surface area contributed by atoms with Crippen LogP contribution in [0, 0.1) is 6.92 Å². The van der Waals surface area contributed by atoms with E-state index in [0.717, 1.165) is 15.4 Å². The second-order valence-electron chi connectivity index (χ2n) is 3.64. The van der Waals surface area contributed by atoms with E-state index in [1.54, 1.807) is 11.8 Å². The van der Waals surface area contributed by atoms with Gasteiger partial charge in [0.2, 0.25) is 0 Å². The molecule has 2 rings (SSSR count). The normalized spacial score (nSPS) is 10.4. The number of thioether (sulfide) groups is 1. The lowest BCUT2D eigenvalue weighted by Crippen LogP contribution is -2.03. The molecule has 0 unspecified atom stereocenters. The minimum absolute atomic E-state index is 0.379. The predicted octanol–water partition coefficient (Wildman–Crippen LogP) is 3.63. The second kappa shape index (κ2) is 5.54. The van der Waals surface area contributed by atoms with Crippen LogP contribution in [-0.4, -0.2) is 24.3 Å². The van der Waals surface area contributed by atoms with Crippen LogP contribution in [0.3, 0.4) is 0 Å². The fraction of sp³-hybridized carbons (Fsp3) is 0.231. The number of carbonyl (C=O) groups excluding carboxylic acids is 1. The monoisotopic (exact) mass is 279 g/mol. The third-order valence-electron chi connectivity index (χ3n) is 2.51. The number of thiazole rings is 1. The van der Waals surface area contributed by atoms with Crippen LogP contribution in [0.15, 0.2) is 29.2 Å². The molecule has 5 heteroatoms. The van der Waals surface area contributed by atoms with Crippen molar-refractivity contribution >= 4 is 29.1 Å². The van der Waals surface area contributed by atoms with Crippen molar-refractivity contribution in [1.82, 2.24) is 4.98 Å². The van der Waals surface area contributed by atoms with E-state index in [4.69, 9.17) is 4.74 Å². The Hall–Kier alpha value is -1.33. The quantitative estimate of drug-likeness (QED) is 0.635. The van der Waals surface area contributed by atoms with Crippen LogP contribution in [0.25, 0.3) is 10.6 Å². The van der Waals surface area contributed by atoms with Crippen LogP contribution >= 0.6 is 23.1 Å².